The fourth-order valence-corrected chi connectivity index (χ4v) is 2.07. The summed E-state index contributed by atoms with van der Waals surface area (Å²) in [6.07, 6.45) is 0. The van der Waals surface area contributed by atoms with Crippen LogP contribution < -0.4 is 10.6 Å². The maximum Gasteiger partial charge on any atom is 0.103 e. The summed E-state index contributed by atoms with van der Waals surface area (Å²) < 4.78 is 0. The minimum Gasteiger partial charge on any atom is -0.386 e. The molecule has 2 N–H and O–H groups in total. The largest absolute Gasteiger partial charge is 0.386 e. The van der Waals surface area contributed by atoms with Crippen LogP contribution in [0.2, 0.25) is 0 Å². The average Bonchev–Trinajstić information content (AvgIpc) is 2.41. The van der Waals surface area contributed by atoms with Gasteiger partial charge in [-0.1, -0.05) is 24.3 Å². The Morgan fingerprint density at radius 3 is 2.45 bits per heavy atom. The smallest absolute Gasteiger partial charge is 0.103 e. The van der Waals surface area contributed by atoms with Gasteiger partial charge in [0.25, 0.3) is 0 Å². The lowest BCUT2D eigenvalue weighted by molar-refractivity contribution is 1.37. The molecule has 0 atom stereocenters. The molecule has 2 rings (SSSR count). The van der Waals surface area contributed by atoms with Crippen LogP contribution in [0, 0.1) is 13.8 Å². The zero-order chi connectivity index (χ0) is 14.5. The Morgan fingerprint density at radius 2 is 1.75 bits per heavy atom. The molecule has 0 bridgehead atoms. The molecule has 2 aromatic carbocycles. The third-order valence-electron chi connectivity index (χ3n) is 3.16. The Morgan fingerprint density at radius 1 is 1.00 bits per heavy atom. The van der Waals surface area contributed by atoms with Crippen LogP contribution in [-0.2, 0) is 0 Å². The number of aryl methyl sites for hydroxylation is 2. The fourth-order valence-electron chi connectivity index (χ4n) is 2.07. The summed E-state index contributed by atoms with van der Waals surface area (Å²) >= 11 is 0. The van der Waals surface area contributed by atoms with Gasteiger partial charge in [-0.05, 0) is 50.1 Å². The lowest BCUT2D eigenvalue weighted by Crippen LogP contribution is -2.09. The van der Waals surface area contributed by atoms with Crippen molar-refractivity contribution in [3.63, 3.8) is 0 Å². The number of amidine groups is 1. The second kappa shape index (κ2) is 6.24. The molecule has 104 valence electrons. The molecule has 0 saturated carbocycles. The van der Waals surface area contributed by atoms with E-state index in [0.29, 0.717) is 0 Å². The number of para-hydroxylation sites is 1. The predicted molar refractivity (Wildman–Crippen MR) is 88.3 cm³/mol. The van der Waals surface area contributed by atoms with E-state index in [0.717, 1.165) is 22.9 Å². The van der Waals surface area contributed by atoms with Gasteiger partial charge in [-0.25, -0.2) is 4.99 Å². The minimum absolute atomic E-state index is 0.876. The monoisotopic (exact) mass is 267 g/mol. The van der Waals surface area contributed by atoms with Gasteiger partial charge in [0.2, 0.25) is 0 Å². The van der Waals surface area contributed by atoms with E-state index in [1.165, 1.54) is 11.1 Å². The van der Waals surface area contributed by atoms with Crippen molar-refractivity contribution >= 4 is 22.9 Å². The van der Waals surface area contributed by atoms with Crippen molar-refractivity contribution < 1.29 is 0 Å². The van der Waals surface area contributed by atoms with Gasteiger partial charge in [0.05, 0.1) is 17.1 Å². The summed E-state index contributed by atoms with van der Waals surface area (Å²) in [5, 5.41) is 6.55. The maximum atomic E-state index is 4.64. The number of aliphatic imine (C=N–C) groups is 1. The van der Waals surface area contributed by atoms with Crippen LogP contribution >= 0.6 is 0 Å². The molecule has 3 nitrogen and oxygen atoms in total. The zero-order valence-electron chi connectivity index (χ0n) is 12.5. The van der Waals surface area contributed by atoms with Gasteiger partial charge in [0, 0.05) is 7.05 Å². The van der Waals surface area contributed by atoms with Crippen LogP contribution in [-0.4, -0.2) is 12.9 Å². The van der Waals surface area contributed by atoms with Crippen LogP contribution in [0.25, 0.3) is 0 Å². The average molecular weight is 267 g/mol. The van der Waals surface area contributed by atoms with Crippen molar-refractivity contribution in [1.82, 2.24) is 0 Å². The number of anilines is 2. The third kappa shape index (κ3) is 3.38. The van der Waals surface area contributed by atoms with E-state index in [1.54, 1.807) is 0 Å². The molecule has 0 aliphatic carbocycles. The Labute approximate surface area is 120 Å². The highest BCUT2D eigenvalue weighted by atomic mass is 15.0. The first-order valence-corrected chi connectivity index (χ1v) is 6.76. The lowest BCUT2D eigenvalue weighted by atomic mass is 10.2. The second-order valence-corrected chi connectivity index (χ2v) is 4.91. The standard InChI is InChI=1S/C17H21N3/c1-12-9-10-16(18-4)17(11-12)20-14(3)19-15-8-6-5-7-13(15)2/h5-11,18H,1-4H3,(H,19,20). The molecule has 0 radical (unpaired) electrons. The second-order valence-electron chi connectivity index (χ2n) is 4.91. The van der Waals surface area contributed by atoms with E-state index in [1.807, 2.05) is 32.2 Å². The minimum atomic E-state index is 0.876. The summed E-state index contributed by atoms with van der Waals surface area (Å²) in [7, 11) is 1.92. The van der Waals surface area contributed by atoms with E-state index >= 15 is 0 Å². The van der Waals surface area contributed by atoms with Crippen molar-refractivity contribution in [2.24, 2.45) is 4.99 Å². The summed E-state index contributed by atoms with van der Waals surface area (Å²) in [5.41, 5.74) is 5.50. The number of benzene rings is 2. The van der Waals surface area contributed by atoms with E-state index in [9.17, 15) is 0 Å². The van der Waals surface area contributed by atoms with E-state index in [2.05, 4.69) is 53.7 Å². The van der Waals surface area contributed by atoms with E-state index in [-0.39, 0.29) is 0 Å². The number of hydrogen-bond acceptors (Lipinski definition) is 2. The molecule has 3 heteroatoms. The first-order valence-electron chi connectivity index (χ1n) is 6.76. The normalized spacial score (nSPS) is 11.3. The van der Waals surface area contributed by atoms with Gasteiger partial charge in [0.1, 0.15) is 5.84 Å². The predicted octanol–water partition coefficient (Wildman–Crippen LogP) is 4.51. The highest BCUT2D eigenvalue weighted by Crippen LogP contribution is 2.23. The van der Waals surface area contributed by atoms with Gasteiger partial charge >= 0.3 is 0 Å². The van der Waals surface area contributed by atoms with Gasteiger partial charge in [-0.3, -0.25) is 0 Å². The molecule has 0 aromatic heterocycles. The van der Waals surface area contributed by atoms with Crippen molar-refractivity contribution in [3.05, 3.63) is 53.6 Å². The van der Waals surface area contributed by atoms with E-state index < -0.39 is 0 Å². The van der Waals surface area contributed by atoms with Crippen LogP contribution in [0.3, 0.4) is 0 Å². The number of nitrogens with one attached hydrogen (secondary N) is 2. The van der Waals surface area contributed by atoms with Crippen molar-refractivity contribution in [1.29, 1.82) is 0 Å². The lowest BCUT2D eigenvalue weighted by Gasteiger charge is -2.12. The number of nitrogens with zero attached hydrogens (tertiary/aromatic N) is 1. The SMILES string of the molecule is CNc1ccc(C)cc1N/C(C)=N\c1ccccc1C. The molecule has 0 aliphatic rings. The van der Waals surface area contributed by atoms with Crippen LogP contribution in [0.15, 0.2) is 47.5 Å². The molecule has 0 saturated heterocycles. The van der Waals surface area contributed by atoms with Crippen LogP contribution in [0.4, 0.5) is 17.1 Å². The van der Waals surface area contributed by atoms with Gasteiger partial charge < -0.3 is 10.6 Å². The Balaban J connectivity index is 2.26. The Hall–Kier alpha value is -2.29. The molecule has 0 aliphatic heterocycles. The van der Waals surface area contributed by atoms with Crippen molar-refractivity contribution in [2.45, 2.75) is 20.8 Å². The Kier molecular flexibility index (Phi) is 4.41. The summed E-state index contributed by atoms with van der Waals surface area (Å²) in [6.45, 7) is 6.13. The number of hydrogen-bond donors (Lipinski definition) is 2. The van der Waals surface area contributed by atoms with Crippen LogP contribution in [0.5, 0.6) is 0 Å². The highest BCUT2D eigenvalue weighted by Gasteiger charge is 2.03. The molecule has 20 heavy (non-hydrogen) atoms. The molecule has 0 amide bonds. The maximum absolute atomic E-state index is 4.64. The van der Waals surface area contributed by atoms with Gasteiger partial charge in [-0.15, -0.1) is 0 Å². The molecule has 0 unspecified atom stereocenters. The topological polar surface area (TPSA) is 36.4 Å². The highest BCUT2D eigenvalue weighted by molar-refractivity contribution is 5.98. The molecule has 2 aromatic rings. The van der Waals surface area contributed by atoms with E-state index in [4.69, 9.17) is 0 Å². The summed E-state index contributed by atoms with van der Waals surface area (Å²) in [5.74, 6) is 0.876. The summed E-state index contributed by atoms with van der Waals surface area (Å²) in [4.78, 5) is 4.64. The summed E-state index contributed by atoms with van der Waals surface area (Å²) in [6, 6.07) is 14.4. The molecule has 0 spiro atoms. The van der Waals surface area contributed by atoms with Gasteiger partial charge in [0.15, 0.2) is 0 Å². The quantitative estimate of drug-likeness (QED) is 0.634. The Bertz CT molecular complexity index is 630. The fraction of sp³-hybridized carbons (Fsp3) is 0.235. The van der Waals surface area contributed by atoms with Crippen LogP contribution in [0.1, 0.15) is 18.1 Å². The number of rotatable bonds is 3. The molecule has 0 heterocycles. The first kappa shape index (κ1) is 14.1. The van der Waals surface area contributed by atoms with Gasteiger partial charge in [-0.2, -0.15) is 0 Å². The molecular weight excluding hydrogens is 246 g/mol. The zero-order valence-corrected chi connectivity index (χ0v) is 12.5. The molecular formula is C17H21N3. The van der Waals surface area contributed by atoms with Crippen molar-refractivity contribution in [3.8, 4) is 0 Å². The molecule has 0 fully saturated rings. The van der Waals surface area contributed by atoms with Crippen molar-refractivity contribution in [2.75, 3.05) is 17.7 Å². The third-order valence-corrected chi connectivity index (χ3v) is 3.16. The first-order chi connectivity index (χ1) is 9.60.